The number of benzene rings is 2. The van der Waals surface area contributed by atoms with E-state index < -0.39 is 39.9 Å². The number of likely N-dealkylation sites (tertiary alicyclic amines) is 1. The number of nitrogens with one attached hydrogen (secondary N) is 1. The van der Waals surface area contributed by atoms with Crippen LogP contribution in [0.3, 0.4) is 0 Å². The van der Waals surface area contributed by atoms with Gasteiger partial charge in [0.25, 0.3) is 0 Å². The number of Topliss-reactive ketones (excluding diaryl/α,β-unsaturated/α-hetero) is 1. The Labute approximate surface area is 233 Å². The van der Waals surface area contributed by atoms with Crippen LogP contribution < -0.4 is 5.32 Å². The Morgan fingerprint density at radius 1 is 1.18 bits per heavy atom. The Morgan fingerprint density at radius 3 is 2.62 bits per heavy atom. The van der Waals surface area contributed by atoms with E-state index in [0.717, 1.165) is 5.56 Å². The number of aromatic nitrogens is 1. The topological polar surface area (TPSA) is 71.4 Å². The van der Waals surface area contributed by atoms with Gasteiger partial charge < -0.3 is 14.8 Å². The number of fused-ring (bicyclic) bond motifs is 1. The maximum atomic E-state index is 14.4. The number of carbonyl (C=O) groups excluding carboxylic acids is 3. The van der Waals surface area contributed by atoms with Crippen molar-refractivity contribution in [2.24, 2.45) is 0 Å². The molecule has 2 aromatic carbocycles. The summed E-state index contributed by atoms with van der Waals surface area (Å²) in [6, 6.07) is 8.90. The monoisotopic (exact) mass is 573 g/mol. The summed E-state index contributed by atoms with van der Waals surface area (Å²) in [7, 11) is -1.05. The van der Waals surface area contributed by atoms with Crippen molar-refractivity contribution in [3.63, 3.8) is 0 Å². The van der Waals surface area contributed by atoms with Gasteiger partial charge in [0.05, 0.1) is 17.1 Å². The molecule has 206 valence electrons. The van der Waals surface area contributed by atoms with Gasteiger partial charge in [-0.2, -0.15) is 10.0 Å². The van der Waals surface area contributed by atoms with Crippen molar-refractivity contribution in [2.75, 3.05) is 25.3 Å². The lowest BCUT2D eigenvalue weighted by atomic mass is 10.1. The Balaban J connectivity index is 1.57. The van der Waals surface area contributed by atoms with Crippen molar-refractivity contribution in [3.8, 4) is 11.2 Å². The van der Waals surface area contributed by atoms with Crippen LogP contribution in [0.5, 0.6) is 0 Å². The van der Waals surface area contributed by atoms with Crippen LogP contribution in [0, 0.1) is 17.0 Å². The van der Waals surface area contributed by atoms with Crippen LogP contribution in [0.15, 0.2) is 42.6 Å². The van der Waals surface area contributed by atoms with E-state index in [9.17, 15) is 23.2 Å². The number of nitrogens with zero attached hydrogens (tertiary/aromatic N) is 2. The fourth-order valence-corrected chi connectivity index (χ4v) is 5.14. The minimum Gasteiger partial charge on any atom is -0.350 e. The zero-order valence-electron chi connectivity index (χ0n) is 22.2. The highest BCUT2D eigenvalue weighted by Crippen LogP contribution is 2.33. The van der Waals surface area contributed by atoms with Gasteiger partial charge in [-0.25, -0.2) is 8.78 Å². The molecule has 0 spiro atoms. The predicted octanol–water partition coefficient (Wildman–Crippen LogP) is 4.89. The van der Waals surface area contributed by atoms with Crippen molar-refractivity contribution in [2.45, 2.75) is 38.6 Å². The molecule has 1 N–H and O–H groups in total. The first-order chi connectivity index (χ1) is 18.3. The van der Waals surface area contributed by atoms with Crippen molar-refractivity contribution in [3.05, 3.63) is 70.1 Å². The summed E-state index contributed by atoms with van der Waals surface area (Å²) in [5.41, 5.74) is 2.05. The fourth-order valence-electron chi connectivity index (χ4n) is 4.52. The van der Waals surface area contributed by atoms with Crippen LogP contribution in [0.1, 0.15) is 34.8 Å². The molecular weight excluding hydrogens is 544 g/mol. The molecule has 39 heavy (non-hydrogen) atoms. The second-order valence-corrected chi connectivity index (χ2v) is 14.6. The molecule has 1 saturated heterocycles. The van der Waals surface area contributed by atoms with Crippen LogP contribution in [-0.2, 0) is 22.7 Å². The molecular formula is C29H30ClF2N3O3S. The molecule has 4 rings (SSSR count). The molecule has 0 saturated carbocycles. The molecule has 1 aliphatic heterocycles. The van der Waals surface area contributed by atoms with Crippen LogP contribution in [0.4, 0.5) is 8.78 Å². The quantitative estimate of drug-likeness (QED) is 0.337. The average molecular weight is 574 g/mol. The predicted molar refractivity (Wildman–Crippen MR) is 152 cm³/mol. The molecule has 0 bridgehead atoms. The van der Waals surface area contributed by atoms with E-state index in [1.54, 1.807) is 16.8 Å². The largest absolute Gasteiger partial charge is 0.350 e. The number of rotatable bonds is 6. The number of alkyl halides is 1. The van der Waals surface area contributed by atoms with Crippen LogP contribution in [0.2, 0.25) is 5.02 Å². The van der Waals surface area contributed by atoms with Crippen molar-refractivity contribution in [1.29, 1.82) is 0 Å². The Hall–Kier alpha value is -3.35. The second kappa shape index (κ2) is 11.4. The summed E-state index contributed by atoms with van der Waals surface area (Å²) in [6.45, 7) is 0.886. The molecule has 1 aliphatic rings. The van der Waals surface area contributed by atoms with Crippen LogP contribution >= 0.6 is 21.6 Å². The van der Waals surface area contributed by atoms with Crippen molar-refractivity contribution < 1.29 is 23.2 Å². The summed E-state index contributed by atoms with van der Waals surface area (Å²) >= 11 is 5.81. The molecule has 2 amide bonds. The van der Waals surface area contributed by atoms with Crippen molar-refractivity contribution >= 4 is 50.1 Å². The SMILES string of the molecule is CC(=O)c1cn(CC(=O)N2C[C@H](F)C[C@H]2C(=O)NCc2cccc(Cl)c2F)c2cc(C#CS(C)(C)C)ccc12. The van der Waals surface area contributed by atoms with Gasteiger partial charge in [-0.3, -0.25) is 14.4 Å². The molecule has 2 heterocycles. The number of amides is 2. The minimum absolute atomic E-state index is 0.0686. The lowest BCUT2D eigenvalue weighted by Crippen LogP contribution is -2.46. The van der Waals surface area contributed by atoms with Gasteiger partial charge in [0.1, 0.15) is 24.6 Å². The van der Waals surface area contributed by atoms with Crippen LogP contribution in [-0.4, -0.2) is 64.6 Å². The highest BCUT2D eigenvalue weighted by molar-refractivity contribution is 8.35. The van der Waals surface area contributed by atoms with Gasteiger partial charge in [0.15, 0.2) is 5.78 Å². The molecule has 0 radical (unpaired) electrons. The number of carbonyl (C=O) groups is 3. The maximum absolute atomic E-state index is 14.4. The standard InChI is InChI=1S/C29H30ClF2N3O3S/c1-18(36)23-16-34(25-12-19(8-9-22(23)25)10-11-39(2,3)4)17-27(37)35-15-21(31)13-26(35)29(38)33-14-20-6-5-7-24(30)28(20)32/h5-9,12,16,21,26H,13-15,17H2,1-4H3,(H,33,38)/t21-,26+/m1/s1. The summed E-state index contributed by atoms with van der Waals surface area (Å²) in [6.07, 6.45) is 6.33. The fraction of sp³-hybridized carbons (Fsp3) is 0.345. The normalized spacial score (nSPS) is 17.6. The van der Waals surface area contributed by atoms with Gasteiger partial charge in [-0.1, -0.05) is 35.7 Å². The second-order valence-electron chi connectivity index (χ2n) is 10.3. The molecule has 1 aromatic heterocycles. The smallest absolute Gasteiger partial charge is 0.243 e. The first-order valence-electron chi connectivity index (χ1n) is 12.3. The molecule has 0 unspecified atom stereocenters. The first kappa shape index (κ1) is 28.7. The Kier molecular flexibility index (Phi) is 8.38. The van der Waals surface area contributed by atoms with E-state index in [2.05, 4.69) is 35.3 Å². The van der Waals surface area contributed by atoms with Gasteiger partial charge in [-0.15, -0.1) is 0 Å². The molecule has 2 atom stereocenters. The lowest BCUT2D eigenvalue weighted by molar-refractivity contribution is -0.139. The number of hydrogen-bond donors (Lipinski definition) is 1. The number of hydrogen-bond acceptors (Lipinski definition) is 3. The summed E-state index contributed by atoms with van der Waals surface area (Å²) in [5, 5.41) is 6.47. The first-order valence-corrected chi connectivity index (χ1v) is 15.6. The van der Waals surface area contributed by atoms with Crippen LogP contribution in [0.25, 0.3) is 10.9 Å². The Morgan fingerprint density at radius 2 is 1.92 bits per heavy atom. The number of ketones is 1. The van der Waals surface area contributed by atoms with Gasteiger partial charge in [0.2, 0.25) is 11.8 Å². The summed E-state index contributed by atoms with van der Waals surface area (Å²) in [5.74, 6) is 1.33. The van der Waals surface area contributed by atoms with E-state index in [4.69, 9.17) is 11.6 Å². The van der Waals surface area contributed by atoms with Gasteiger partial charge >= 0.3 is 0 Å². The third kappa shape index (κ3) is 6.63. The van der Waals surface area contributed by atoms with E-state index in [-0.39, 0.29) is 42.4 Å². The number of halogens is 3. The maximum Gasteiger partial charge on any atom is 0.243 e. The summed E-state index contributed by atoms with van der Waals surface area (Å²) < 4.78 is 30.3. The zero-order chi connectivity index (χ0) is 28.5. The van der Waals surface area contributed by atoms with Gasteiger partial charge in [0, 0.05) is 41.2 Å². The average Bonchev–Trinajstić information content (AvgIpc) is 3.43. The van der Waals surface area contributed by atoms with E-state index in [0.29, 0.717) is 16.5 Å². The molecule has 1 fully saturated rings. The molecule has 0 aliphatic carbocycles. The van der Waals surface area contributed by atoms with E-state index in [1.165, 1.54) is 24.0 Å². The molecule has 6 nitrogen and oxygen atoms in total. The minimum atomic E-state index is -1.37. The molecule has 3 aromatic rings. The van der Waals surface area contributed by atoms with E-state index in [1.807, 2.05) is 18.2 Å². The summed E-state index contributed by atoms with van der Waals surface area (Å²) in [4.78, 5) is 39.8. The Bertz CT molecular complexity index is 1520. The zero-order valence-corrected chi connectivity index (χ0v) is 23.8. The highest BCUT2D eigenvalue weighted by atomic mass is 35.5. The van der Waals surface area contributed by atoms with Gasteiger partial charge in [-0.05, 0) is 49.1 Å². The van der Waals surface area contributed by atoms with E-state index >= 15 is 0 Å². The highest BCUT2D eigenvalue weighted by Gasteiger charge is 2.39. The van der Waals surface area contributed by atoms with Crippen molar-refractivity contribution in [1.82, 2.24) is 14.8 Å². The molecule has 10 heteroatoms. The third-order valence-electron chi connectivity index (χ3n) is 6.43. The lowest BCUT2D eigenvalue weighted by Gasteiger charge is -2.24. The third-order valence-corrected chi connectivity index (χ3v) is 7.43.